The number of nitrogens with zero attached hydrogens (tertiary/aromatic N) is 2. The summed E-state index contributed by atoms with van der Waals surface area (Å²) in [7, 11) is 0. The SMILES string of the molecule is Cc1ccc(NC(N)=NCc2cccc(NC(=O)N3CCCC3)c2)cc1C. The zero-order valence-electron chi connectivity index (χ0n) is 16.0. The van der Waals surface area contributed by atoms with E-state index in [9.17, 15) is 4.79 Å². The minimum Gasteiger partial charge on any atom is -0.370 e. The van der Waals surface area contributed by atoms with Gasteiger partial charge in [0.25, 0.3) is 0 Å². The molecule has 0 saturated carbocycles. The quantitative estimate of drug-likeness (QED) is 0.568. The lowest BCUT2D eigenvalue weighted by atomic mass is 10.1. The first kappa shape index (κ1) is 18.8. The van der Waals surface area contributed by atoms with E-state index in [-0.39, 0.29) is 6.03 Å². The molecule has 0 atom stereocenters. The average molecular weight is 365 g/mol. The number of urea groups is 1. The molecule has 1 saturated heterocycles. The number of nitrogens with two attached hydrogens (primary N) is 1. The van der Waals surface area contributed by atoms with Gasteiger partial charge in [-0.25, -0.2) is 9.79 Å². The maximum atomic E-state index is 12.2. The van der Waals surface area contributed by atoms with Crippen molar-refractivity contribution in [1.29, 1.82) is 0 Å². The van der Waals surface area contributed by atoms with Gasteiger partial charge in [-0.3, -0.25) is 0 Å². The molecule has 0 bridgehead atoms. The largest absolute Gasteiger partial charge is 0.370 e. The normalized spacial score (nSPS) is 14.3. The van der Waals surface area contributed by atoms with Crippen LogP contribution in [0.5, 0.6) is 0 Å². The molecule has 0 unspecified atom stereocenters. The Morgan fingerprint density at radius 2 is 1.78 bits per heavy atom. The first-order valence-electron chi connectivity index (χ1n) is 9.30. The molecule has 2 aromatic rings. The number of nitrogens with one attached hydrogen (secondary N) is 2. The van der Waals surface area contributed by atoms with E-state index in [2.05, 4.69) is 35.5 Å². The van der Waals surface area contributed by atoms with Crippen LogP contribution < -0.4 is 16.4 Å². The monoisotopic (exact) mass is 365 g/mol. The van der Waals surface area contributed by atoms with Crippen molar-refractivity contribution < 1.29 is 4.79 Å². The van der Waals surface area contributed by atoms with Crippen LogP contribution in [-0.4, -0.2) is 30.0 Å². The summed E-state index contributed by atoms with van der Waals surface area (Å²) in [5, 5.41) is 6.07. The van der Waals surface area contributed by atoms with Gasteiger partial charge < -0.3 is 21.3 Å². The molecule has 27 heavy (non-hydrogen) atoms. The smallest absolute Gasteiger partial charge is 0.321 e. The Morgan fingerprint density at radius 3 is 2.52 bits per heavy atom. The maximum absolute atomic E-state index is 12.2. The predicted molar refractivity (Wildman–Crippen MR) is 111 cm³/mol. The third-order valence-corrected chi connectivity index (χ3v) is 4.78. The van der Waals surface area contributed by atoms with Gasteiger partial charge in [-0.15, -0.1) is 0 Å². The van der Waals surface area contributed by atoms with Gasteiger partial charge in [0.1, 0.15) is 0 Å². The van der Waals surface area contributed by atoms with Crippen LogP contribution in [0, 0.1) is 13.8 Å². The van der Waals surface area contributed by atoms with Crippen LogP contribution in [-0.2, 0) is 6.54 Å². The highest BCUT2D eigenvalue weighted by atomic mass is 16.2. The molecule has 142 valence electrons. The lowest BCUT2D eigenvalue weighted by Gasteiger charge is -2.16. The first-order chi connectivity index (χ1) is 13.0. The Kier molecular flexibility index (Phi) is 5.96. The Bertz CT molecular complexity index is 840. The van der Waals surface area contributed by atoms with E-state index in [0.29, 0.717) is 12.5 Å². The molecule has 1 aliphatic heterocycles. The van der Waals surface area contributed by atoms with Gasteiger partial charge >= 0.3 is 6.03 Å². The molecule has 4 N–H and O–H groups in total. The number of anilines is 2. The fourth-order valence-corrected chi connectivity index (χ4v) is 3.05. The van der Waals surface area contributed by atoms with Gasteiger partial charge in [0, 0.05) is 24.5 Å². The standard InChI is InChI=1S/C21H27N5O/c1-15-8-9-19(12-16(15)2)24-20(22)23-14-17-6-5-7-18(13-17)25-21(27)26-10-3-4-11-26/h5-9,12-13H,3-4,10-11,14H2,1-2H3,(H,25,27)(H3,22,23,24). The zero-order valence-corrected chi connectivity index (χ0v) is 16.0. The van der Waals surface area contributed by atoms with Gasteiger partial charge in [0.15, 0.2) is 5.96 Å². The molecule has 6 nitrogen and oxygen atoms in total. The van der Waals surface area contributed by atoms with E-state index in [1.807, 2.05) is 41.3 Å². The van der Waals surface area contributed by atoms with E-state index in [4.69, 9.17) is 5.73 Å². The minimum atomic E-state index is -0.0379. The van der Waals surface area contributed by atoms with E-state index in [1.54, 1.807) is 0 Å². The topological polar surface area (TPSA) is 82.7 Å². The molecule has 2 aromatic carbocycles. The van der Waals surface area contributed by atoms with Crippen molar-refractivity contribution >= 4 is 23.4 Å². The molecule has 2 amide bonds. The highest BCUT2D eigenvalue weighted by molar-refractivity contribution is 5.92. The second-order valence-corrected chi connectivity index (χ2v) is 6.95. The number of benzene rings is 2. The number of carbonyl (C=O) groups excluding carboxylic acids is 1. The molecule has 6 heteroatoms. The number of aryl methyl sites for hydroxylation is 2. The second kappa shape index (κ2) is 8.58. The van der Waals surface area contributed by atoms with Crippen LogP contribution in [0.1, 0.15) is 29.5 Å². The minimum absolute atomic E-state index is 0.0379. The zero-order chi connectivity index (χ0) is 19.2. The summed E-state index contributed by atoms with van der Waals surface area (Å²) >= 11 is 0. The molecule has 1 heterocycles. The summed E-state index contributed by atoms with van der Waals surface area (Å²) in [5.74, 6) is 0.366. The van der Waals surface area contributed by atoms with Gasteiger partial charge in [-0.2, -0.15) is 0 Å². The predicted octanol–water partition coefficient (Wildman–Crippen LogP) is 3.86. The first-order valence-corrected chi connectivity index (χ1v) is 9.30. The molecular formula is C21H27N5O. The number of guanidine groups is 1. The number of aliphatic imine (C=N–C) groups is 1. The van der Waals surface area contributed by atoms with Crippen molar-refractivity contribution in [3.05, 3.63) is 59.2 Å². The summed E-state index contributed by atoms with van der Waals surface area (Å²) in [6, 6.07) is 13.8. The van der Waals surface area contributed by atoms with Crippen LogP contribution in [0.15, 0.2) is 47.5 Å². The van der Waals surface area contributed by atoms with Crippen LogP contribution in [0.25, 0.3) is 0 Å². The summed E-state index contributed by atoms with van der Waals surface area (Å²) in [6.07, 6.45) is 2.16. The highest BCUT2D eigenvalue weighted by Gasteiger charge is 2.17. The summed E-state index contributed by atoms with van der Waals surface area (Å²) in [4.78, 5) is 18.4. The lowest BCUT2D eigenvalue weighted by molar-refractivity contribution is 0.222. The Hall–Kier alpha value is -3.02. The maximum Gasteiger partial charge on any atom is 0.321 e. The van der Waals surface area contributed by atoms with E-state index in [0.717, 1.165) is 42.9 Å². The van der Waals surface area contributed by atoms with Crippen LogP contribution in [0.4, 0.5) is 16.2 Å². The third-order valence-electron chi connectivity index (χ3n) is 4.78. The molecular weight excluding hydrogens is 338 g/mol. The Labute approximate surface area is 160 Å². The number of hydrogen-bond donors (Lipinski definition) is 3. The van der Waals surface area contributed by atoms with Gasteiger partial charge in [0.05, 0.1) is 6.54 Å². The van der Waals surface area contributed by atoms with Gasteiger partial charge in [0.2, 0.25) is 0 Å². The van der Waals surface area contributed by atoms with Crippen molar-refractivity contribution in [2.45, 2.75) is 33.2 Å². The highest BCUT2D eigenvalue weighted by Crippen LogP contribution is 2.16. The van der Waals surface area contributed by atoms with Crippen LogP contribution in [0.2, 0.25) is 0 Å². The van der Waals surface area contributed by atoms with E-state index >= 15 is 0 Å². The van der Waals surface area contributed by atoms with Crippen molar-refractivity contribution in [3.63, 3.8) is 0 Å². The van der Waals surface area contributed by atoms with E-state index < -0.39 is 0 Å². The summed E-state index contributed by atoms with van der Waals surface area (Å²) in [5.41, 5.74) is 11.1. The van der Waals surface area contributed by atoms with Gasteiger partial charge in [-0.05, 0) is 67.6 Å². The fourth-order valence-electron chi connectivity index (χ4n) is 3.05. The Balaban J connectivity index is 1.58. The number of rotatable bonds is 4. The number of hydrogen-bond acceptors (Lipinski definition) is 2. The Morgan fingerprint density at radius 1 is 1.04 bits per heavy atom. The van der Waals surface area contributed by atoms with Crippen molar-refractivity contribution in [2.24, 2.45) is 10.7 Å². The third kappa shape index (κ3) is 5.23. The summed E-state index contributed by atoms with van der Waals surface area (Å²) in [6.45, 7) is 6.24. The molecule has 0 radical (unpaired) electrons. The van der Waals surface area contributed by atoms with Crippen LogP contribution in [0.3, 0.4) is 0 Å². The summed E-state index contributed by atoms with van der Waals surface area (Å²) < 4.78 is 0. The molecule has 0 spiro atoms. The van der Waals surface area contributed by atoms with Crippen molar-refractivity contribution in [1.82, 2.24) is 4.90 Å². The molecule has 1 fully saturated rings. The molecule has 1 aliphatic rings. The number of carbonyl (C=O) groups is 1. The fraction of sp³-hybridized carbons (Fsp3) is 0.333. The number of amides is 2. The van der Waals surface area contributed by atoms with Gasteiger partial charge in [-0.1, -0.05) is 18.2 Å². The second-order valence-electron chi connectivity index (χ2n) is 6.95. The van der Waals surface area contributed by atoms with Crippen LogP contribution >= 0.6 is 0 Å². The average Bonchev–Trinajstić information content (AvgIpc) is 3.18. The van der Waals surface area contributed by atoms with Crippen molar-refractivity contribution in [3.8, 4) is 0 Å². The number of likely N-dealkylation sites (tertiary alicyclic amines) is 1. The van der Waals surface area contributed by atoms with E-state index in [1.165, 1.54) is 11.1 Å². The molecule has 0 aromatic heterocycles. The molecule has 3 rings (SSSR count). The molecule has 0 aliphatic carbocycles. The van der Waals surface area contributed by atoms with Crippen molar-refractivity contribution in [2.75, 3.05) is 23.7 Å². The lowest BCUT2D eigenvalue weighted by Crippen LogP contribution is -2.32.